The molecule has 0 aliphatic heterocycles. The second kappa shape index (κ2) is 6.99. The summed E-state index contributed by atoms with van der Waals surface area (Å²) in [7, 11) is 1.81. The predicted octanol–water partition coefficient (Wildman–Crippen LogP) is 1.11. The molecule has 1 amide bonds. The number of amides is 1. The van der Waals surface area contributed by atoms with Crippen LogP contribution in [0.4, 0.5) is 0 Å². The molecule has 2 aromatic heterocycles. The minimum atomic E-state index is -0.0158. The lowest BCUT2D eigenvalue weighted by Gasteiger charge is -2.22. The number of rotatable bonds is 6. The zero-order valence-electron chi connectivity index (χ0n) is 12.5. The van der Waals surface area contributed by atoms with Crippen LogP contribution in [0.1, 0.15) is 28.0 Å². The predicted molar refractivity (Wildman–Crippen MR) is 80.6 cm³/mol. The van der Waals surface area contributed by atoms with Crippen molar-refractivity contribution >= 4 is 5.91 Å². The number of nitrogens with two attached hydrogens (primary N) is 1. The zero-order valence-corrected chi connectivity index (χ0v) is 12.5. The number of carbonyl (C=O) groups is 1. The third-order valence-electron chi connectivity index (χ3n) is 3.26. The molecule has 0 aromatic carbocycles. The molecule has 0 saturated heterocycles. The van der Waals surface area contributed by atoms with Gasteiger partial charge in [-0.25, -0.2) is 0 Å². The van der Waals surface area contributed by atoms with E-state index in [-0.39, 0.29) is 5.91 Å². The van der Waals surface area contributed by atoms with Crippen LogP contribution in [0.5, 0.6) is 0 Å². The molecule has 2 N–H and O–H groups in total. The number of pyridine rings is 1. The first-order valence-electron chi connectivity index (χ1n) is 7.00. The minimum absolute atomic E-state index is 0.0158. The number of carbonyl (C=O) groups excluding carboxylic acids is 1. The Bertz CT molecular complexity index is 593. The van der Waals surface area contributed by atoms with Crippen LogP contribution in [0, 0.1) is 6.92 Å². The van der Waals surface area contributed by atoms with Crippen molar-refractivity contribution in [3.05, 3.63) is 47.5 Å². The summed E-state index contributed by atoms with van der Waals surface area (Å²) in [6.45, 7) is 3.56. The van der Waals surface area contributed by atoms with Crippen molar-refractivity contribution in [2.24, 2.45) is 12.8 Å². The fraction of sp³-hybridized carbons (Fsp3) is 0.400. The zero-order chi connectivity index (χ0) is 15.2. The van der Waals surface area contributed by atoms with Gasteiger partial charge in [0.2, 0.25) is 0 Å². The summed E-state index contributed by atoms with van der Waals surface area (Å²) in [5, 5.41) is 4.23. The Morgan fingerprint density at radius 2 is 2.29 bits per heavy atom. The average molecular weight is 287 g/mol. The maximum absolute atomic E-state index is 12.7. The van der Waals surface area contributed by atoms with Gasteiger partial charge >= 0.3 is 0 Å². The van der Waals surface area contributed by atoms with Crippen molar-refractivity contribution in [1.29, 1.82) is 0 Å². The number of aryl methyl sites for hydroxylation is 2. The van der Waals surface area contributed by atoms with E-state index in [1.165, 1.54) is 0 Å². The molecule has 2 rings (SSSR count). The Balaban J connectivity index is 2.19. The van der Waals surface area contributed by atoms with Crippen LogP contribution in [0.15, 0.2) is 30.7 Å². The quantitative estimate of drug-likeness (QED) is 0.863. The Kier molecular flexibility index (Phi) is 5.05. The molecule has 112 valence electrons. The lowest BCUT2D eigenvalue weighted by atomic mass is 10.2. The molecule has 0 radical (unpaired) electrons. The average Bonchev–Trinajstić information content (AvgIpc) is 2.82. The summed E-state index contributed by atoms with van der Waals surface area (Å²) in [4.78, 5) is 18.6. The van der Waals surface area contributed by atoms with E-state index in [1.807, 2.05) is 26.1 Å². The molecule has 6 heteroatoms. The van der Waals surface area contributed by atoms with E-state index < -0.39 is 0 Å². The van der Waals surface area contributed by atoms with Crippen molar-refractivity contribution in [2.75, 3.05) is 13.1 Å². The lowest BCUT2D eigenvalue weighted by molar-refractivity contribution is 0.0741. The van der Waals surface area contributed by atoms with E-state index in [9.17, 15) is 4.79 Å². The van der Waals surface area contributed by atoms with Crippen molar-refractivity contribution in [1.82, 2.24) is 19.7 Å². The van der Waals surface area contributed by atoms with Crippen LogP contribution >= 0.6 is 0 Å². The van der Waals surface area contributed by atoms with Gasteiger partial charge in [0.15, 0.2) is 0 Å². The van der Waals surface area contributed by atoms with Crippen LogP contribution in [0.25, 0.3) is 0 Å². The summed E-state index contributed by atoms with van der Waals surface area (Å²) in [5.41, 5.74) is 7.96. The highest BCUT2D eigenvalue weighted by molar-refractivity contribution is 5.95. The van der Waals surface area contributed by atoms with Crippen molar-refractivity contribution in [3.63, 3.8) is 0 Å². The molecular weight excluding hydrogens is 266 g/mol. The molecule has 6 nitrogen and oxygen atoms in total. The third-order valence-corrected chi connectivity index (χ3v) is 3.26. The number of hydrogen-bond donors (Lipinski definition) is 1. The van der Waals surface area contributed by atoms with E-state index in [0.29, 0.717) is 25.2 Å². The summed E-state index contributed by atoms with van der Waals surface area (Å²) in [5.74, 6) is -0.0158. The fourth-order valence-corrected chi connectivity index (χ4v) is 2.23. The third kappa shape index (κ3) is 3.88. The van der Waals surface area contributed by atoms with Gasteiger partial charge in [-0.15, -0.1) is 0 Å². The summed E-state index contributed by atoms with van der Waals surface area (Å²) in [6.07, 6.45) is 6.03. The van der Waals surface area contributed by atoms with Gasteiger partial charge in [0, 0.05) is 38.7 Å². The van der Waals surface area contributed by atoms with Crippen molar-refractivity contribution in [2.45, 2.75) is 19.9 Å². The molecule has 0 aliphatic carbocycles. The monoisotopic (exact) mass is 287 g/mol. The van der Waals surface area contributed by atoms with Crippen molar-refractivity contribution < 1.29 is 4.79 Å². The van der Waals surface area contributed by atoms with Crippen LogP contribution in [-0.2, 0) is 13.6 Å². The van der Waals surface area contributed by atoms with Gasteiger partial charge in [-0.3, -0.25) is 14.5 Å². The van der Waals surface area contributed by atoms with Gasteiger partial charge in [-0.1, -0.05) is 6.07 Å². The van der Waals surface area contributed by atoms with Crippen LogP contribution in [0.3, 0.4) is 0 Å². The van der Waals surface area contributed by atoms with E-state index in [2.05, 4.69) is 10.1 Å². The molecule has 0 aliphatic rings. The van der Waals surface area contributed by atoms with E-state index in [0.717, 1.165) is 17.7 Å². The topological polar surface area (TPSA) is 77.0 Å². The fourth-order valence-electron chi connectivity index (χ4n) is 2.23. The number of hydrogen-bond acceptors (Lipinski definition) is 4. The maximum atomic E-state index is 12.7. The largest absolute Gasteiger partial charge is 0.334 e. The molecule has 0 bridgehead atoms. The summed E-state index contributed by atoms with van der Waals surface area (Å²) in [6, 6.07) is 3.84. The highest BCUT2D eigenvalue weighted by Gasteiger charge is 2.19. The molecule has 0 saturated carbocycles. The highest BCUT2D eigenvalue weighted by atomic mass is 16.2. The molecule has 2 aromatic rings. The van der Waals surface area contributed by atoms with Gasteiger partial charge < -0.3 is 10.6 Å². The second-order valence-electron chi connectivity index (χ2n) is 5.03. The second-order valence-corrected chi connectivity index (χ2v) is 5.03. The molecule has 0 unspecified atom stereocenters. The van der Waals surface area contributed by atoms with Crippen LogP contribution in [-0.4, -0.2) is 38.7 Å². The van der Waals surface area contributed by atoms with E-state index >= 15 is 0 Å². The van der Waals surface area contributed by atoms with Gasteiger partial charge in [0.05, 0.1) is 11.3 Å². The highest BCUT2D eigenvalue weighted by Crippen LogP contribution is 2.12. The maximum Gasteiger partial charge on any atom is 0.257 e. The standard InChI is InChI=1S/C15H21N5O/c1-12-14(11-19(2)18-12)15(21)20(8-4-6-16)10-13-5-3-7-17-9-13/h3,5,7,9,11H,4,6,8,10,16H2,1-2H3. The smallest absolute Gasteiger partial charge is 0.257 e. The Morgan fingerprint density at radius 3 is 2.86 bits per heavy atom. The first kappa shape index (κ1) is 15.2. The van der Waals surface area contributed by atoms with Crippen molar-refractivity contribution in [3.8, 4) is 0 Å². The normalized spacial score (nSPS) is 10.6. The van der Waals surface area contributed by atoms with E-state index in [4.69, 9.17) is 5.73 Å². The lowest BCUT2D eigenvalue weighted by Crippen LogP contribution is -2.32. The minimum Gasteiger partial charge on any atom is -0.334 e. The molecule has 0 spiro atoms. The van der Waals surface area contributed by atoms with Gasteiger partial charge in [-0.2, -0.15) is 5.10 Å². The summed E-state index contributed by atoms with van der Waals surface area (Å²) >= 11 is 0. The van der Waals surface area contributed by atoms with Gasteiger partial charge in [-0.05, 0) is 31.5 Å². The Morgan fingerprint density at radius 1 is 1.48 bits per heavy atom. The Labute approximate surface area is 124 Å². The molecule has 0 fully saturated rings. The molecule has 0 atom stereocenters. The number of aromatic nitrogens is 3. The molecular formula is C15H21N5O. The van der Waals surface area contributed by atoms with Gasteiger partial charge in [0.1, 0.15) is 0 Å². The van der Waals surface area contributed by atoms with Gasteiger partial charge in [0.25, 0.3) is 5.91 Å². The first-order valence-corrected chi connectivity index (χ1v) is 7.00. The van der Waals surface area contributed by atoms with Crippen LogP contribution in [0.2, 0.25) is 0 Å². The Hall–Kier alpha value is -2.21. The first-order chi connectivity index (χ1) is 10.1. The molecule has 2 heterocycles. The number of nitrogens with zero attached hydrogens (tertiary/aromatic N) is 4. The van der Waals surface area contributed by atoms with Crippen LogP contribution < -0.4 is 5.73 Å². The SMILES string of the molecule is Cc1nn(C)cc1C(=O)N(CCCN)Cc1cccnc1. The molecule has 21 heavy (non-hydrogen) atoms. The van der Waals surface area contributed by atoms with E-state index in [1.54, 1.807) is 28.2 Å². The summed E-state index contributed by atoms with van der Waals surface area (Å²) < 4.78 is 1.66.